The third kappa shape index (κ3) is 2.72. The zero-order chi connectivity index (χ0) is 23.7. The van der Waals surface area contributed by atoms with Gasteiger partial charge in [0.1, 0.15) is 12.0 Å². The lowest BCUT2D eigenvalue weighted by Crippen LogP contribution is -2.61. The number of ether oxygens (including phenoxy) is 1. The maximum absolute atomic E-state index is 7.60. The summed E-state index contributed by atoms with van der Waals surface area (Å²) in [4.78, 5) is 15.3. The molecule has 0 fully saturated rings. The zero-order valence-corrected chi connectivity index (χ0v) is 20.5. The van der Waals surface area contributed by atoms with Crippen molar-refractivity contribution in [3.8, 4) is 5.75 Å². The molecule has 6 nitrogen and oxygen atoms in total. The minimum absolute atomic E-state index is 0.499. The quantitative estimate of drug-likeness (QED) is 0.272. The van der Waals surface area contributed by atoms with Gasteiger partial charge in [0.25, 0.3) is 0 Å². The van der Waals surface area contributed by atoms with Crippen LogP contribution in [0, 0.1) is 6.57 Å². The van der Waals surface area contributed by atoms with Crippen molar-refractivity contribution in [2.24, 2.45) is 4.99 Å². The van der Waals surface area contributed by atoms with Crippen LogP contribution in [-0.2, 0) is 11.8 Å². The molecule has 7 heteroatoms. The molecule has 2 aromatic carbocycles. The first-order valence-corrected chi connectivity index (χ1v) is 11.8. The molecule has 2 aromatic heterocycles. The van der Waals surface area contributed by atoms with Crippen LogP contribution >= 0.6 is 15.9 Å². The summed E-state index contributed by atoms with van der Waals surface area (Å²) in [5.74, 6) is 1.31. The molecule has 0 amide bonds. The Balaban J connectivity index is 1.53. The van der Waals surface area contributed by atoms with Gasteiger partial charge in [-0.25, -0.2) is 4.85 Å². The van der Waals surface area contributed by atoms with E-state index in [-0.39, 0.29) is 0 Å². The molecule has 0 N–H and O–H groups in total. The van der Waals surface area contributed by atoms with Gasteiger partial charge in [0.15, 0.2) is 11.6 Å². The molecule has 0 saturated heterocycles. The smallest absolute Gasteiger partial charge is 0.230 e. The highest BCUT2D eigenvalue weighted by atomic mass is 79.9. The van der Waals surface area contributed by atoms with Gasteiger partial charge in [0.2, 0.25) is 11.4 Å². The Hall–Kier alpha value is -3.63. The number of furan rings is 1. The normalized spacial score (nSPS) is 19.7. The summed E-state index contributed by atoms with van der Waals surface area (Å²) in [6, 6.07) is 14.4. The van der Waals surface area contributed by atoms with E-state index in [1.165, 1.54) is 11.8 Å². The molecule has 6 rings (SSSR count). The van der Waals surface area contributed by atoms with E-state index in [4.69, 9.17) is 25.7 Å². The predicted molar refractivity (Wildman–Crippen MR) is 137 cm³/mol. The van der Waals surface area contributed by atoms with E-state index in [1.54, 1.807) is 0 Å². The lowest BCUT2D eigenvalue weighted by Gasteiger charge is -2.45. The summed E-state index contributed by atoms with van der Waals surface area (Å²) in [6.07, 6.45) is 5.92. The van der Waals surface area contributed by atoms with E-state index in [0.717, 1.165) is 38.6 Å². The number of anilines is 1. The number of hydrogen-bond acceptors (Lipinski definition) is 5. The standard InChI is InChI=1S/C27H21BrN4O2/c1-26(2)22-21(29-3)14-33-25(22)32(4)27(26)15-31-20-11-17(10-16-8-6-5-7-9-16)23-19(24(20)34-27)12-18(28)13-30-23/h5-9,11-15H,10H2,1-2,4H3. The summed E-state index contributed by atoms with van der Waals surface area (Å²) in [5, 5.41) is 0.896. The fraction of sp³-hybridized carbons (Fsp3) is 0.222. The van der Waals surface area contributed by atoms with Crippen molar-refractivity contribution in [1.82, 2.24) is 4.98 Å². The first kappa shape index (κ1) is 20.9. The first-order valence-electron chi connectivity index (χ1n) is 11.0. The largest absolute Gasteiger partial charge is 0.461 e. The van der Waals surface area contributed by atoms with Crippen LogP contribution in [0.25, 0.3) is 15.7 Å². The van der Waals surface area contributed by atoms with E-state index < -0.39 is 11.1 Å². The Bertz CT molecular complexity index is 1530. The molecular weight excluding hydrogens is 492 g/mol. The average Bonchev–Trinajstić information content (AvgIpc) is 3.34. The molecule has 2 aliphatic rings. The highest BCUT2D eigenvalue weighted by Crippen LogP contribution is 2.58. The second kappa shape index (κ2) is 7.18. The predicted octanol–water partition coefficient (Wildman–Crippen LogP) is 6.95. The van der Waals surface area contributed by atoms with Gasteiger partial charge in [-0.05, 0) is 45.6 Å². The molecule has 0 radical (unpaired) electrons. The zero-order valence-electron chi connectivity index (χ0n) is 19.0. The number of likely N-dealkylation sites (N-methyl/N-ethyl adjacent to an activating group) is 1. The van der Waals surface area contributed by atoms with Crippen LogP contribution < -0.4 is 9.64 Å². The van der Waals surface area contributed by atoms with E-state index in [1.807, 2.05) is 48.6 Å². The van der Waals surface area contributed by atoms with Gasteiger partial charge < -0.3 is 14.1 Å². The number of benzene rings is 2. The molecule has 1 atom stereocenters. The monoisotopic (exact) mass is 512 g/mol. The Morgan fingerprint density at radius 3 is 2.74 bits per heavy atom. The Morgan fingerprint density at radius 2 is 1.97 bits per heavy atom. The summed E-state index contributed by atoms with van der Waals surface area (Å²) >= 11 is 3.58. The van der Waals surface area contributed by atoms with Crippen molar-refractivity contribution in [2.45, 2.75) is 31.4 Å². The second-order valence-corrected chi connectivity index (χ2v) is 10.2. The van der Waals surface area contributed by atoms with E-state index in [2.05, 4.69) is 52.8 Å². The van der Waals surface area contributed by atoms with Crippen LogP contribution in [0.3, 0.4) is 0 Å². The van der Waals surface area contributed by atoms with Crippen LogP contribution in [0.4, 0.5) is 17.3 Å². The van der Waals surface area contributed by atoms with Gasteiger partial charge in [-0.2, -0.15) is 0 Å². The second-order valence-electron chi connectivity index (χ2n) is 9.25. The average molecular weight is 513 g/mol. The van der Waals surface area contributed by atoms with Gasteiger partial charge >= 0.3 is 0 Å². The number of pyridine rings is 1. The Kier molecular flexibility index (Phi) is 4.42. The van der Waals surface area contributed by atoms with E-state index in [9.17, 15) is 0 Å². The molecule has 168 valence electrons. The summed E-state index contributed by atoms with van der Waals surface area (Å²) in [6.45, 7) is 11.7. The molecule has 0 aliphatic carbocycles. The maximum Gasteiger partial charge on any atom is 0.230 e. The van der Waals surface area contributed by atoms with Crippen LogP contribution in [0.2, 0.25) is 0 Å². The summed E-state index contributed by atoms with van der Waals surface area (Å²) in [7, 11) is 1.92. The molecule has 34 heavy (non-hydrogen) atoms. The highest BCUT2D eigenvalue weighted by molar-refractivity contribution is 9.10. The fourth-order valence-corrected chi connectivity index (χ4v) is 5.58. The molecule has 4 heterocycles. The lowest BCUT2D eigenvalue weighted by atomic mass is 9.77. The van der Waals surface area contributed by atoms with Gasteiger partial charge in [0.05, 0.1) is 23.7 Å². The van der Waals surface area contributed by atoms with Crippen molar-refractivity contribution >= 4 is 50.3 Å². The van der Waals surface area contributed by atoms with Crippen molar-refractivity contribution in [3.05, 3.63) is 87.5 Å². The van der Waals surface area contributed by atoms with E-state index in [0.29, 0.717) is 17.3 Å². The van der Waals surface area contributed by atoms with Crippen LogP contribution in [0.1, 0.15) is 30.5 Å². The number of aromatic nitrogens is 1. The number of rotatable bonds is 2. The molecule has 1 spiro atoms. The number of hydrogen-bond donors (Lipinski definition) is 0. The summed E-state index contributed by atoms with van der Waals surface area (Å²) in [5.41, 5.74) is 3.76. The van der Waals surface area contributed by atoms with Gasteiger partial charge in [-0.3, -0.25) is 9.98 Å². The highest BCUT2D eigenvalue weighted by Gasteiger charge is 2.61. The van der Waals surface area contributed by atoms with Crippen molar-refractivity contribution in [1.29, 1.82) is 0 Å². The molecule has 4 aromatic rings. The van der Waals surface area contributed by atoms with Crippen LogP contribution in [0.15, 0.2) is 68.8 Å². The van der Waals surface area contributed by atoms with E-state index >= 15 is 0 Å². The minimum atomic E-state index is -0.939. The Labute approximate surface area is 205 Å². The first-order chi connectivity index (χ1) is 16.4. The number of halogens is 1. The fourth-order valence-electron chi connectivity index (χ4n) is 5.25. The number of nitrogens with zero attached hydrogens (tertiary/aromatic N) is 4. The third-order valence-corrected chi connectivity index (χ3v) is 7.45. The topological polar surface area (TPSA) is 55.2 Å². The molecular formula is C27H21BrN4O2. The molecule has 0 bridgehead atoms. The Morgan fingerprint density at radius 1 is 1.18 bits per heavy atom. The number of fused-ring (bicyclic) bond motifs is 4. The van der Waals surface area contributed by atoms with Gasteiger partial charge in [0, 0.05) is 28.7 Å². The van der Waals surface area contributed by atoms with Gasteiger partial charge in [-0.15, -0.1) is 0 Å². The van der Waals surface area contributed by atoms with Gasteiger partial charge in [-0.1, -0.05) is 44.2 Å². The van der Waals surface area contributed by atoms with Crippen molar-refractivity contribution in [3.63, 3.8) is 0 Å². The third-order valence-electron chi connectivity index (χ3n) is 7.02. The van der Waals surface area contributed by atoms with Crippen LogP contribution in [0.5, 0.6) is 5.75 Å². The molecule has 0 saturated carbocycles. The molecule has 1 unspecified atom stereocenters. The summed E-state index contributed by atoms with van der Waals surface area (Å²) < 4.78 is 13.5. The SMILES string of the molecule is [C-]#[N+]c1coc2c1C(C)(C)C1(C=Nc3cc(Cc4ccccc4)c4ncc(Br)cc4c3O1)N2C. The number of aliphatic imine (C=N–C) groups is 1. The van der Waals surface area contributed by atoms with Crippen molar-refractivity contribution < 1.29 is 9.15 Å². The minimum Gasteiger partial charge on any atom is -0.461 e. The molecule has 2 aliphatic heterocycles. The maximum atomic E-state index is 7.60. The van der Waals surface area contributed by atoms with Crippen molar-refractivity contribution in [2.75, 3.05) is 11.9 Å². The lowest BCUT2D eigenvalue weighted by molar-refractivity contribution is 0.0826. The van der Waals surface area contributed by atoms with Crippen LogP contribution in [-0.4, -0.2) is 24.0 Å².